The molecule has 8 aromatic heterocycles. The lowest BCUT2D eigenvalue weighted by Crippen LogP contribution is -2.42. The Balaban J connectivity index is 0.000000121. The molecule has 0 radical (unpaired) electrons. The van der Waals surface area contributed by atoms with Crippen molar-refractivity contribution in [1.82, 2.24) is 24.9 Å². The van der Waals surface area contributed by atoms with E-state index in [4.69, 9.17) is 25.1 Å². The Morgan fingerprint density at radius 3 is 1.23 bits per heavy atom. The molecule has 3 unspecified atom stereocenters. The smallest absolute Gasteiger partial charge is 0.227 e. The van der Waals surface area contributed by atoms with Gasteiger partial charge in [-0.2, -0.15) is 0 Å². The molecule has 0 aliphatic carbocycles. The van der Waals surface area contributed by atoms with Crippen LogP contribution in [0.2, 0.25) is 0 Å². The lowest BCUT2D eigenvalue weighted by molar-refractivity contribution is 0.601. The van der Waals surface area contributed by atoms with E-state index in [1.807, 2.05) is 122 Å². The van der Waals surface area contributed by atoms with Gasteiger partial charge in [0.15, 0.2) is 28.4 Å². The van der Waals surface area contributed by atoms with Gasteiger partial charge in [-0.3, -0.25) is 0 Å². The average molecular weight is 1090 g/mol. The molecule has 3 aliphatic rings. The van der Waals surface area contributed by atoms with E-state index in [-0.39, 0.29) is 12.3 Å². The van der Waals surface area contributed by atoms with Crippen LogP contribution in [0.25, 0.3) is 66.2 Å². The molecule has 3 atom stereocenters. The fraction of sp³-hybridized carbons (Fsp3) is 0.279. The molecule has 11 heterocycles. The lowest BCUT2D eigenvalue weighted by atomic mass is 10.1. The van der Waals surface area contributed by atoms with Crippen LogP contribution in [0.3, 0.4) is 0 Å². The molecule has 0 saturated heterocycles. The largest absolute Gasteiger partial charge is 0.435 e. The molecule has 14 heteroatoms. The number of rotatable bonds is 5. The number of aromatic nitrogens is 5. The van der Waals surface area contributed by atoms with Crippen molar-refractivity contribution in [2.45, 2.75) is 121 Å². The number of benzene rings is 4. The van der Waals surface area contributed by atoms with E-state index in [1.54, 1.807) is 24.5 Å². The van der Waals surface area contributed by atoms with E-state index >= 15 is 0 Å². The summed E-state index contributed by atoms with van der Waals surface area (Å²) < 4.78 is 60.4. The third-order valence-corrected chi connectivity index (χ3v) is 16.3. The first-order chi connectivity index (χ1) is 41.3. The highest BCUT2D eigenvalue weighted by atomic mass is 16.3. The SMILES string of the molecule is [2H]C(C)(C)N1c2ccccc2N(c2c(C)ccc3c2oc2nc(C)ccc23)C1C.[2H]C(C)(C)N1c2cccnc2N(c2c(C)ccc3c2oc2nc(C)ccc23)C1C.[2H]C([2H])([2H])N1c2cccnc2N(c2c(C)ccc3c2oc2nc(C)ccc23)C1C. The highest BCUT2D eigenvalue weighted by Crippen LogP contribution is 2.51. The van der Waals surface area contributed by atoms with Crippen LogP contribution in [0.5, 0.6) is 0 Å². The Morgan fingerprint density at radius 1 is 0.415 bits per heavy atom. The zero-order valence-corrected chi connectivity index (χ0v) is 48.6. The summed E-state index contributed by atoms with van der Waals surface area (Å²) in [5, 5.41) is 6.04. The Morgan fingerprint density at radius 2 is 0.780 bits per heavy atom. The number of hydrogen-bond acceptors (Lipinski definition) is 14. The molecule has 0 bridgehead atoms. The minimum atomic E-state index is -2.29. The van der Waals surface area contributed by atoms with E-state index < -0.39 is 25.2 Å². The van der Waals surface area contributed by atoms with Gasteiger partial charge in [0.1, 0.15) is 18.5 Å². The maximum atomic E-state index is 8.74. The van der Waals surface area contributed by atoms with Gasteiger partial charge in [0, 0.05) is 84.9 Å². The molecule has 0 spiro atoms. The average Bonchev–Trinajstić information content (AvgIpc) is 1.63. The van der Waals surface area contributed by atoms with Gasteiger partial charge in [-0.1, -0.05) is 48.5 Å². The van der Waals surface area contributed by atoms with Crippen LogP contribution in [0.1, 0.15) is 89.1 Å². The fourth-order valence-electron chi connectivity index (χ4n) is 12.6. The molecule has 0 amide bonds. The third-order valence-electron chi connectivity index (χ3n) is 16.3. The zero-order chi connectivity index (χ0) is 61.5. The second-order valence-electron chi connectivity index (χ2n) is 22.2. The predicted octanol–water partition coefficient (Wildman–Crippen LogP) is 16.9. The van der Waals surface area contributed by atoms with E-state index in [2.05, 4.69) is 122 Å². The Kier molecular flexibility index (Phi) is 11.3. The second-order valence-corrected chi connectivity index (χ2v) is 22.2. The van der Waals surface area contributed by atoms with Gasteiger partial charge in [0.25, 0.3) is 0 Å². The first-order valence-corrected chi connectivity index (χ1v) is 27.9. The van der Waals surface area contributed by atoms with Crippen LogP contribution in [0.4, 0.5) is 51.4 Å². The van der Waals surface area contributed by atoms with Gasteiger partial charge < -0.3 is 42.7 Å². The van der Waals surface area contributed by atoms with Crippen LogP contribution in [-0.2, 0) is 0 Å². The van der Waals surface area contributed by atoms with Crippen molar-refractivity contribution in [2.24, 2.45) is 0 Å². The zero-order valence-electron chi connectivity index (χ0n) is 53.6. The minimum Gasteiger partial charge on any atom is -0.435 e. The molecular weight excluding hydrogens is 1020 g/mol. The van der Waals surface area contributed by atoms with Crippen molar-refractivity contribution >= 4 is 118 Å². The quantitative estimate of drug-likeness (QED) is 0.162. The normalized spacial score (nSPS) is 17.9. The van der Waals surface area contributed by atoms with Crippen molar-refractivity contribution in [2.75, 3.05) is 36.4 Å². The molecule has 0 N–H and O–H groups in total. The summed E-state index contributed by atoms with van der Waals surface area (Å²) in [7, 11) is 0. The van der Waals surface area contributed by atoms with Crippen LogP contribution in [0, 0.1) is 41.5 Å². The first-order valence-electron chi connectivity index (χ1n) is 30.4. The highest BCUT2D eigenvalue weighted by Gasteiger charge is 2.40. The number of hydrogen-bond donors (Lipinski definition) is 0. The van der Waals surface area contributed by atoms with Crippen LogP contribution < -0.4 is 29.4 Å². The number of pyridine rings is 5. The van der Waals surface area contributed by atoms with E-state index in [0.717, 1.165) is 117 Å². The molecule has 12 aromatic rings. The van der Waals surface area contributed by atoms with Crippen LogP contribution in [0.15, 0.2) is 147 Å². The van der Waals surface area contributed by atoms with Crippen LogP contribution >= 0.6 is 0 Å². The molecule has 14 nitrogen and oxygen atoms in total. The number of nitrogens with zero attached hydrogens (tertiary/aromatic N) is 11. The fourth-order valence-corrected chi connectivity index (χ4v) is 12.6. The first kappa shape index (κ1) is 46.6. The van der Waals surface area contributed by atoms with Gasteiger partial charge in [0.05, 0.1) is 42.6 Å². The van der Waals surface area contributed by atoms with Crippen molar-refractivity contribution in [3.8, 4) is 0 Å². The topological polar surface area (TPSA) is 123 Å². The molecule has 0 saturated carbocycles. The maximum absolute atomic E-state index is 8.74. The van der Waals surface area contributed by atoms with Crippen LogP contribution in [-0.4, -0.2) is 62.4 Å². The van der Waals surface area contributed by atoms with Crippen molar-refractivity contribution in [1.29, 1.82) is 0 Å². The predicted molar refractivity (Wildman–Crippen MR) is 336 cm³/mol. The number of furan rings is 3. The molecule has 3 aliphatic heterocycles. The standard InChI is InChI=1S/C24H25N3O.C23H24N4O.C21H20N4O/c1-14(2)26-17(5)27(21-9-7-6-8-20(21)26)22-15(3)10-12-18-19-13-11-16(4)25-24(19)28-23(18)22;1-13(2)26-16(5)27(22-19(26)7-6-12-24-22)20-14(3)8-10-17-18-11-9-15(4)25-23(18)28-21(17)20;1-12-7-9-15-16-10-8-13(2)23-21(16)26-19(15)18(12)25-14(3)24(4)17-6-5-11-22-20(17)25/h6-14,17H,1-5H3;6-13,16H,1-5H3;5-11,14H,1-4H3/i14D;13D;4D3. The molecule has 15 rings (SSSR count). The minimum absolute atomic E-state index is 0.0212. The Bertz CT molecular complexity index is 4250. The number of fused-ring (bicyclic) bond motifs is 12. The summed E-state index contributed by atoms with van der Waals surface area (Å²) in [5.74, 6) is 1.46. The molecule has 414 valence electrons. The second kappa shape index (κ2) is 19.8. The third kappa shape index (κ3) is 8.15. The van der Waals surface area contributed by atoms with Crippen molar-refractivity contribution in [3.05, 3.63) is 167 Å². The summed E-state index contributed by atoms with van der Waals surface area (Å²) in [6, 6.07) is 39.0. The Labute approximate surface area is 485 Å². The van der Waals surface area contributed by atoms with Gasteiger partial charge in [-0.25, -0.2) is 24.9 Å². The summed E-state index contributed by atoms with van der Waals surface area (Å²) >= 11 is 0. The molecule has 82 heavy (non-hydrogen) atoms. The molecule has 4 aromatic carbocycles. The summed E-state index contributed by atoms with van der Waals surface area (Å²) in [6.07, 6.45) is 2.92. The molecular formula is C68H69N11O3. The van der Waals surface area contributed by atoms with E-state index in [9.17, 15) is 0 Å². The monoisotopic (exact) mass is 1090 g/mol. The number of para-hydroxylation sites is 2. The van der Waals surface area contributed by atoms with E-state index in [1.165, 1.54) is 4.90 Å². The highest BCUT2D eigenvalue weighted by molar-refractivity contribution is 6.12. The van der Waals surface area contributed by atoms with Crippen molar-refractivity contribution in [3.63, 3.8) is 0 Å². The summed E-state index contributed by atoms with van der Waals surface area (Å²) in [5.41, 5.74) is 16.8. The van der Waals surface area contributed by atoms with Gasteiger partial charge in [-0.05, 0) is 179 Å². The number of anilines is 9. The van der Waals surface area contributed by atoms with Gasteiger partial charge in [-0.15, -0.1) is 0 Å². The van der Waals surface area contributed by atoms with Gasteiger partial charge in [0.2, 0.25) is 17.1 Å². The Hall–Kier alpha value is -9.17. The van der Waals surface area contributed by atoms with Crippen molar-refractivity contribution < 1.29 is 20.1 Å². The maximum Gasteiger partial charge on any atom is 0.227 e. The summed E-state index contributed by atoms with van der Waals surface area (Å²) in [6.45, 7) is 23.6. The summed E-state index contributed by atoms with van der Waals surface area (Å²) in [4.78, 5) is 35.1. The molecule has 0 fully saturated rings. The van der Waals surface area contributed by atoms with E-state index in [0.29, 0.717) is 34.2 Å². The van der Waals surface area contributed by atoms with Gasteiger partial charge >= 0.3 is 0 Å². The number of aryl methyl sites for hydroxylation is 6. The lowest BCUT2D eigenvalue weighted by Gasteiger charge is -2.33.